The van der Waals surface area contributed by atoms with E-state index in [1.807, 2.05) is 17.7 Å². The second-order valence-corrected chi connectivity index (χ2v) is 7.03. The van der Waals surface area contributed by atoms with Gasteiger partial charge in [0, 0.05) is 18.3 Å². The van der Waals surface area contributed by atoms with Crippen molar-refractivity contribution < 1.29 is 4.79 Å². The summed E-state index contributed by atoms with van der Waals surface area (Å²) in [5, 5.41) is 5.21. The van der Waals surface area contributed by atoms with Crippen LogP contribution in [0.5, 0.6) is 0 Å². The molecule has 2 aromatic rings. The topological polar surface area (TPSA) is 65.8 Å². The third-order valence-corrected chi connectivity index (χ3v) is 5.68. The first-order valence-electron chi connectivity index (χ1n) is 8.32. The summed E-state index contributed by atoms with van der Waals surface area (Å²) in [4.78, 5) is 13.1. The van der Waals surface area contributed by atoms with E-state index in [0.717, 1.165) is 67.5 Å². The highest BCUT2D eigenvalue weighted by Gasteiger charge is 2.33. The number of carbonyl (C=O) groups excluding carboxylic acids is 1. The number of carbonyl (C=O) groups is 1. The van der Waals surface area contributed by atoms with Crippen molar-refractivity contribution in [3.8, 4) is 0 Å². The molecular formula is C17H21ClN4O. The molecule has 2 aliphatic rings. The first kappa shape index (κ1) is 14.8. The number of halogens is 1. The monoisotopic (exact) mass is 332 g/mol. The fourth-order valence-corrected chi connectivity index (χ4v) is 4.24. The third kappa shape index (κ3) is 2.21. The minimum Gasteiger partial charge on any atom is -0.383 e. The maximum absolute atomic E-state index is 13.1. The number of aryl methyl sites for hydroxylation is 1. The Kier molecular flexibility index (Phi) is 3.48. The average Bonchev–Trinajstić information content (AvgIpc) is 3.05. The highest BCUT2D eigenvalue weighted by molar-refractivity contribution is 6.29. The van der Waals surface area contributed by atoms with Gasteiger partial charge in [0.05, 0.1) is 11.6 Å². The Balaban J connectivity index is 1.74. The summed E-state index contributed by atoms with van der Waals surface area (Å²) < 4.78 is 3.43. The quantitative estimate of drug-likeness (QED) is 0.872. The Morgan fingerprint density at radius 3 is 2.87 bits per heavy atom. The second-order valence-electron chi connectivity index (χ2n) is 6.64. The number of nitrogens with two attached hydrogens (primary N) is 1. The van der Waals surface area contributed by atoms with Crippen molar-refractivity contribution in [1.82, 2.24) is 14.3 Å². The van der Waals surface area contributed by atoms with Crippen molar-refractivity contribution >= 4 is 23.3 Å². The van der Waals surface area contributed by atoms with E-state index in [0.29, 0.717) is 11.0 Å². The normalized spacial score (nSPS) is 20.2. The minimum absolute atomic E-state index is 0.0138. The van der Waals surface area contributed by atoms with Crippen molar-refractivity contribution in [3.63, 3.8) is 0 Å². The van der Waals surface area contributed by atoms with Gasteiger partial charge in [-0.2, -0.15) is 9.78 Å². The molecule has 2 heterocycles. The van der Waals surface area contributed by atoms with Gasteiger partial charge in [-0.05, 0) is 56.6 Å². The summed E-state index contributed by atoms with van der Waals surface area (Å²) in [6.07, 6.45) is 6.88. The van der Waals surface area contributed by atoms with Gasteiger partial charge in [0.1, 0.15) is 11.0 Å². The van der Waals surface area contributed by atoms with Gasteiger partial charge in [-0.15, -0.1) is 0 Å². The molecule has 0 fully saturated rings. The van der Waals surface area contributed by atoms with Gasteiger partial charge in [-0.25, -0.2) is 0 Å². The second kappa shape index (κ2) is 5.41. The van der Waals surface area contributed by atoms with E-state index in [1.54, 1.807) is 0 Å². The average molecular weight is 333 g/mol. The molecule has 0 spiro atoms. The number of nitrogens with zero attached hydrogens (tertiary/aromatic N) is 3. The molecule has 0 saturated carbocycles. The summed E-state index contributed by atoms with van der Waals surface area (Å²) in [6, 6.07) is 1.93. The Bertz CT molecular complexity index is 789. The maximum atomic E-state index is 13.1. The lowest BCUT2D eigenvalue weighted by Gasteiger charge is -2.22. The fraction of sp³-hybridized carbons (Fsp3) is 0.529. The highest BCUT2D eigenvalue weighted by atomic mass is 35.5. The summed E-state index contributed by atoms with van der Waals surface area (Å²) in [5.74, 6) is 0.333. The van der Waals surface area contributed by atoms with E-state index in [2.05, 4.69) is 5.10 Å². The smallest absolute Gasteiger partial charge is 0.256 e. The molecule has 2 N–H and O–H groups in total. The van der Waals surface area contributed by atoms with E-state index in [9.17, 15) is 4.79 Å². The zero-order valence-corrected chi connectivity index (χ0v) is 14.1. The molecular weight excluding hydrogens is 312 g/mol. The van der Waals surface area contributed by atoms with Crippen LogP contribution in [0, 0.1) is 0 Å². The van der Waals surface area contributed by atoms with E-state index in [-0.39, 0.29) is 11.8 Å². The summed E-state index contributed by atoms with van der Waals surface area (Å²) in [6.45, 7) is 0. The lowest BCUT2D eigenvalue weighted by Crippen LogP contribution is -2.26. The molecule has 0 bridgehead atoms. The number of hydrogen-bond donors (Lipinski definition) is 1. The minimum atomic E-state index is -0.193. The van der Waals surface area contributed by atoms with Crippen LogP contribution in [0.1, 0.15) is 58.9 Å². The van der Waals surface area contributed by atoms with Gasteiger partial charge in [0.2, 0.25) is 0 Å². The van der Waals surface area contributed by atoms with Crippen molar-refractivity contribution in [1.29, 1.82) is 0 Å². The fourth-order valence-electron chi connectivity index (χ4n) is 4.02. The van der Waals surface area contributed by atoms with Crippen LogP contribution in [-0.2, 0) is 26.3 Å². The number of hydrogen-bond acceptors (Lipinski definition) is 3. The van der Waals surface area contributed by atoms with Gasteiger partial charge in [-0.1, -0.05) is 11.6 Å². The van der Waals surface area contributed by atoms with Crippen LogP contribution >= 0.6 is 11.6 Å². The Morgan fingerprint density at radius 1 is 1.30 bits per heavy atom. The van der Waals surface area contributed by atoms with Crippen LogP contribution in [0.25, 0.3) is 0 Å². The van der Waals surface area contributed by atoms with Crippen LogP contribution in [0.15, 0.2) is 6.07 Å². The number of rotatable bonds is 1. The molecule has 6 heteroatoms. The molecule has 2 aromatic heterocycles. The number of nitrogen functional groups attached to an aromatic ring is 1. The zero-order valence-electron chi connectivity index (χ0n) is 13.3. The van der Waals surface area contributed by atoms with Crippen LogP contribution in [0.4, 0.5) is 5.82 Å². The van der Waals surface area contributed by atoms with Crippen molar-refractivity contribution in [3.05, 3.63) is 33.7 Å². The predicted molar refractivity (Wildman–Crippen MR) is 90.0 cm³/mol. The summed E-state index contributed by atoms with van der Waals surface area (Å²) >= 11 is 6.25. The van der Waals surface area contributed by atoms with Gasteiger partial charge in [0.25, 0.3) is 5.91 Å². The first-order valence-corrected chi connectivity index (χ1v) is 8.70. The molecule has 0 aliphatic heterocycles. The Hall–Kier alpha value is -1.75. The lowest BCUT2D eigenvalue weighted by molar-refractivity contribution is 0.0854. The van der Waals surface area contributed by atoms with Gasteiger partial charge in [-0.3, -0.25) is 4.79 Å². The Morgan fingerprint density at radius 2 is 2.09 bits per heavy atom. The molecule has 0 amide bonds. The Labute approximate surface area is 140 Å². The molecule has 4 rings (SSSR count). The number of aromatic nitrogens is 3. The molecule has 122 valence electrons. The third-order valence-electron chi connectivity index (χ3n) is 5.32. The molecule has 1 unspecified atom stereocenters. The van der Waals surface area contributed by atoms with Crippen LogP contribution in [0.3, 0.4) is 0 Å². The van der Waals surface area contributed by atoms with E-state index in [4.69, 9.17) is 17.3 Å². The molecule has 0 saturated heterocycles. The maximum Gasteiger partial charge on any atom is 0.256 e. The summed E-state index contributed by atoms with van der Waals surface area (Å²) in [7, 11) is 1.95. The van der Waals surface area contributed by atoms with Gasteiger partial charge < -0.3 is 10.3 Å². The van der Waals surface area contributed by atoms with Crippen LogP contribution < -0.4 is 5.73 Å². The molecule has 23 heavy (non-hydrogen) atoms. The molecule has 0 aromatic carbocycles. The summed E-state index contributed by atoms with van der Waals surface area (Å²) in [5.41, 5.74) is 10.5. The molecule has 2 aliphatic carbocycles. The van der Waals surface area contributed by atoms with Crippen LogP contribution in [0.2, 0.25) is 5.15 Å². The standard InChI is InChI=1S/C17H21ClN4O/c1-21-14-8-4-6-10(12(14)9-15(21)18)17(23)22-16(19)11-5-2-3-7-13(11)20-22/h9-10H,2-8,19H2,1H3. The van der Waals surface area contributed by atoms with Gasteiger partial charge in [0.15, 0.2) is 0 Å². The van der Waals surface area contributed by atoms with E-state index >= 15 is 0 Å². The first-order chi connectivity index (χ1) is 11.1. The van der Waals surface area contributed by atoms with E-state index < -0.39 is 0 Å². The van der Waals surface area contributed by atoms with Gasteiger partial charge >= 0.3 is 0 Å². The predicted octanol–water partition coefficient (Wildman–Crippen LogP) is 3.10. The number of anilines is 1. The lowest BCUT2D eigenvalue weighted by atomic mass is 9.86. The highest BCUT2D eigenvalue weighted by Crippen LogP contribution is 2.37. The molecule has 0 radical (unpaired) electrons. The molecule has 1 atom stereocenters. The van der Waals surface area contributed by atoms with Crippen LogP contribution in [-0.4, -0.2) is 20.3 Å². The van der Waals surface area contributed by atoms with Crippen molar-refractivity contribution in [2.24, 2.45) is 7.05 Å². The zero-order chi connectivity index (χ0) is 16.1. The van der Waals surface area contributed by atoms with Crippen molar-refractivity contribution in [2.45, 2.75) is 50.9 Å². The van der Waals surface area contributed by atoms with E-state index in [1.165, 1.54) is 4.68 Å². The number of fused-ring (bicyclic) bond motifs is 2. The van der Waals surface area contributed by atoms with Crippen molar-refractivity contribution in [2.75, 3.05) is 5.73 Å². The molecule has 5 nitrogen and oxygen atoms in total. The largest absolute Gasteiger partial charge is 0.383 e. The SMILES string of the molecule is Cn1c(Cl)cc2c1CCCC2C(=O)n1nc2c(c1N)CCCC2.